The molecular formula is C30H24F2N4O6S. The number of pyridine rings is 1. The van der Waals surface area contributed by atoms with Crippen molar-refractivity contribution in [3.63, 3.8) is 0 Å². The molecule has 4 heterocycles. The minimum atomic E-state index is -1.02. The molecule has 43 heavy (non-hydrogen) atoms. The van der Waals surface area contributed by atoms with Crippen LogP contribution in [0.15, 0.2) is 59.0 Å². The number of halogens is 2. The first kappa shape index (κ1) is 27.1. The lowest BCUT2D eigenvalue weighted by molar-refractivity contribution is 0.0126. The Morgan fingerprint density at radius 2 is 1.93 bits per heavy atom. The first-order valence-electron chi connectivity index (χ1n) is 13.6. The molecule has 3 aliphatic rings. The van der Waals surface area contributed by atoms with E-state index in [0.717, 1.165) is 37.1 Å². The minimum absolute atomic E-state index is 0.0438. The molecule has 2 aliphatic heterocycles. The van der Waals surface area contributed by atoms with E-state index in [2.05, 4.69) is 9.72 Å². The molecule has 1 saturated heterocycles. The summed E-state index contributed by atoms with van der Waals surface area (Å²) in [5.74, 6) is -2.75. The number of hydrogen-bond donors (Lipinski definition) is 0. The van der Waals surface area contributed by atoms with E-state index in [1.54, 1.807) is 21.2 Å². The molecule has 10 nitrogen and oxygen atoms in total. The fourth-order valence-corrected chi connectivity index (χ4v) is 7.12. The molecule has 2 aromatic carbocycles. The zero-order valence-corrected chi connectivity index (χ0v) is 23.6. The molecule has 0 spiro atoms. The molecule has 13 heteroatoms. The third kappa shape index (κ3) is 4.17. The van der Waals surface area contributed by atoms with Crippen LogP contribution in [0.3, 0.4) is 0 Å². The van der Waals surface area contributed by atoms with E-state index in [1.807, 2.05) is 29.3 Å². The summed E-state index contributed by atoms with van der Waals surface area (Å²) >= 11 is 1.33. The SMILES string of the molecule is COC(=O)OCOc1c2n(ccc1=O)N(C1c3ccccc3-c3scnc3-c3c1ccc(F)c3F)C1CCCCN1C2=O. The largest absolute Gasteiger partial charge is 0.510 e. The number of ether oxygens (including phenoxy) is 3. The van der Waals surface area contributed by atoms with Gasteiger partial charge in [0.2, 0.25) is 18.0 Å². The van der Waals surface area contributed by atoms with Crippen LogP contribution in [0.5, 0.6) is 5.75 Å². The second-order valence-corrected chi connectivity index (χ2v) is 11.1. The summed E-state index contributed by atoms with van der Waals surface area (Å²) in [6, 6.07) is 10.8. The highest BCUT2D eigenvalue weighted by Gasteiger charge is 2.46. The third-order valence-corrected chi connectivity index (χ3v) is 8.92. The van der Waals surface area contributed by atoms with Crippen LogP contribution >= 0.6 is 11.3 Å². The molecule has 0 radical (unpaired) electrons. The Morgan fingerprint density at radius 1 is 1.09 bits per heavy atom. The van der Waals surface area contributed by atoms with Crippen LogP contribution in [0.2, 0.25) is 0 Å². The van der Waals surface area contributed by atoms with E-state index in [1.165, 1.54) is 23.6 Å². The van der Waals surface area contributed by atoms with Gasteiger partial charge in [0.1, 0.15) is 6.17 Å². The van der Waals surface area contributed by atoms with Gasteiger partial charge in [-0.2, -0.15) is 0 Å². The summed E-state index contributed by atoms with van der Waals surface area (Å²) in [4.78, 5) is 45.4. The molecule has 2 unspecified atom stereocenters. The smallest absolute Gasteiger partial charge is 0.451 e. The van der Waals surface area contributed by atoms with Crippen LogP contribution < -0.4 is 15.2 Å². The number of benzene rings is 2. The quantitative estimate of drug-likeness (QED) is 0.235. The van der Waals surface area contributed by atoms with Crippen LogP contribution in [0.25, 0.3) is 21.7 Å². The van der Waals surface area contributed by atoms with Crippen molar-refractivity contribution in [2.45, 2.75) is 31.5 Å². The molecule has 220 valence electrons. The maximum absolute atomic E-state index is 15.8. The fraction of sp³-hybridized carbons (Fsp3) is 0.267. The molecule has 0 N–H and O–H groups in total. The monoisotopic (exact) mass is 606 g/mol. The van der Waals surface area contributed by atoms with Gasteiger partial charge in [0, 0.05) is 24.4 Å². The van der Waals surface area contributed by atoms with Crippen LogP contribution in [-0.2, 0) is 9.47 Å². The van der Waals surface area contributed by atoms with Gasteiger partial charge in [-0.15, -0.1) is 11.3 Å². The van der Waals surface area contributed by atoms with Crippen LogP contribution in [-0.4, -0.2) is 53.2 Å². The predicted molar refractivity (Wildman–Crippen MR) is 151 cm³/mol. The number of carbonyl (C=O) groups is 2. The summed E-state index contributed by atoms with van der Waals surface area (Å²) in [5.41, 5.74) is 3.37. The Labute approximate surface area is 247 Å². The normalized spacial score (nSPS) is 18.4. The Kier molecular flexibility index (Phi) is 6.61. The van der Waals surface area contributed by atoms with Crippen molar-refractivity contribution < 1.29 is 32.6 Å². The maximum atomic E-state index is 15.8. The number of piperidine rings is 1. The Balaban J connectivity index is 1.49. The average molecular weight is 607 g/mol. The first-order chi connectivity index (χ1) is 20.9. The summed E-state index contributed by atoms with van der Waals surface area (Å²) in [6.45, 7) is -0.254. The van der Waals surface area contributed by atoms with Gasteiger partial charge >= 0.3 is 6.16 Å². The van der Waals surface area contributed by atoms with Crippen molar-refractivity contribution in [1.29, 1.82) is 0 Å². The van der Waals surface area contributed by atoms with E-state index >= 15 is 4.39 Å². The van der Waals surface area contributed by atoms with Gasteiger partial charge in [-0.1, -0.05) is 30.3 Å². The summed E-state index contributed by atoms with van der Waals surface area (Å²) in [5, 5.41) is 1.93. The first-order valence-corrected chi connectivity index (χ1v) is 14.5. The number of aromatic nitrogens is 2. The Hall–Kier alpha value is -4.78. The van der Waals surface area contributed by atoms with Gasteiger partial charge in [-0.25, -0.2) is 18.6 Å². The van der Waals surface area contributed by atoms with Crippen LogP contribution in [0.4, 0.5) is 13.6 Å². The molecule has 7 rings (SSSR count). The van der Waals surface area contributed by atoms with Gasteiger partial charge in [-0.3, -0.25) is 19.3 Å². The zero-order chi connectivity index (χ0) is 29.8. The van der Waals surface area contributed by atoms with E-state index in [-0.39, 0.29) is 17.0 Å². The lowest BCUT2D eigenvalue weighted by Gasteiger charge is -2.52. The molecule has 4 aromatic rings. The number of rotatable bonds is 4. The van der Waals surface area contributed by atoms with Crippen molar-refractivity contribution in [1.82, 2.24) is 14.6 Å². The molecule has 2 atom stereocenters. The van der Waals surface area contributed by atoms with Gasteiger partial charge in [-0.05, 0) is 42.0 Å². The third-order valence-electron chi connectivity index (χ3n) is 8.06. The van der Waals surface area contributed by atoms with Crippen molar-refractivity contribution in [2.24, 2.45) is 0 Å². The minimum Gasteiger partial charge on any atom is -0.451 e. The number of amides is 1. The molecule has 1 fully saturated rings. The number of fused-ring (bicyclic) bond motifs is 7. The topological polar surface area (TPSA) is 103 Å². The predicted octanol–water partition coefficient (Wildman–Crippen LogP) is 5.04. The van der Waals surface area contributed by atoms with Gasteiger partial charge in [0.05, 0.1) is 29.2 Å². The summed E-state index contributed by atoms with van der Waals surface area (Å²) < 4.78 is 47.1. The zero-order valence-electron chi connectivity index (χ0n) is 22.8. The van der Waals surface area contributed by atoms with Crippen molar-refractivity contribution in [2.75, 3.05) is 25.5 Å². The number of carbonyl (C=O) groups excluding carboxylic acids is 2. The maximum Gasteiger partial charge on any atom is 0.510 e. The van der Waals surface area contributed by atoms with E-state index in [4.69, 9.17) is 9.47 Å². The number of methoxy groups -OCH3 is 1. The van der Waals surface area contributed by atoms with Crippen molar-refractivity contribution >= 4 is 23.4 Å². The lowest BCUT2D eigenvalue weighted by atomic mass is 9.91. The molecule has 2 aromatic heterocycles. The average Bonchev–Trinajstić information content (AvgIpc) is 3.47. The van der Waals surface area contributed by atoms with Gasteiger partial charge in [0.25, 0.3) is 5.91 Å². The Morgan fingerprint density at radius 3 is 2.77 bits per heavy atom. The van der Waals surface area contributed by atoms with Crippen LogP contribution in [0.1, 0.15) is 46.9 Å². The molecule has 0 bridgehead atoms. The molecular weight excluding hydrogens is 582 g/mol. The molecule has 1 amide bonds. The summed E-state index contributed by atoms with van der Waals surface area (Å²) in [6.07, 6.45) is 2.14. The second-order valence-electron chi connectivity index (χ2n) is 10.3. The number of hydrogen-bond acceptors (Lipinski definition) is 9. The van der Waals surface area contributed by atoms with Gasteiger partial charge < -0.3 is 19.1 Å². The fourth-order valence-electron chi connectivity index (χ4n) is 6.28. The van der Waals surface area contributed by atoms with E-state index in [0.29, 0.717) is 29.1 Å². The van der Waals surface area contributed by atoms with Gasteiger partial charge in [0.15, 0.2) is 17.3 Å². The molecule has 0 saturated carbocycles. The highest BCUT2D eigenvalue weighted by atomic mass is 32.1. The van der Waals surface area contributed by atoms with E-state index in [9.17, 15) is 18.8 Å². The standard InChI is InChI=1S/C30H24F2N4O6S/c1-40-30(39)42-15-41-27-20(37)11-13-35-26(27)29(38)34-12-5-4-8-21(34)36(35)25-16-6-2-3-7-17(16)28-24(33-14-43-28)22-18(25)9-10-19(31)23(22)32/h2-3,6-7,9-11,13-14,21,25H,4-5,8,12,15H2,1H3. The summed E-state index contributed by atoms with van der Waals surface area (Å²) in [7, 11) is 1.13. The van der Waals surface area contributed by atoms with Crippen molar-refractivity contribution in [3.05, 3.63) is 92.9 Å². The second kappa shape index (κ2) is 10.5. The number of nitrogens with zero attached hydrogens (tertiary/aromatic N) is 4. The van der Waals surface area contributed by atoms with Crippen LogP contribution in [0, 0.1) is 11.6 Å². The number of thiazole rings is 1. The lowest BCUT2D eigenvalue weighted by Crippen LogP contribution is -2.63. The van der Waals surface area contributed by atoms with Crippen molar-refractivity contribution in [3.8, 4) is 27.4 Å². The molecule has 1 aliphatic carbocycles. The van der Waals surface area contributed by atoms with E-state index < -0.39 is 48.1 Å². The highest BCUT2D eigenvalue weighted by molar-refractivity contribution is 7.13. The highest BCUT2D eigenvalue weighted by Crippen LogP contribution is 2.50. The Bertz CT molecular complexity index is 1840.